The number of rotatable bonds is 19. The van der Waals surface area contributed by atoms with E-state index < -0.39 is 6.29 Å². The highest BCUT2D eigenvalue weighted by Gasteiger charge is 2.16. The molecule has 0 spiro atoms. The summed E-state index contributed by atoms with van der Waals surface area (Å²) < 4.78 is 10.1. The highest BCUT2D eigenvalue weighted by molar-refractivity contribution is 5.72. The van der Waals surface area contributed by atoms with Crippen molar-refractivity contribution in [3.05, 3.63) is 0 Å². The highest BCUT2D eigenvalue weighted by Crippen LogP contribution is 2.14. The average molecular weight is 399 g/mol. The second-order valence-electron chi connectivity index (χ2n) is 8.35. The molecule has 0 bridgehead atoms. The van der Waals surface area contributed by atoms with Crippen molar-refractivity contribution >= 4 is 11.9 Å². The van der Waals surface area contributed by atoms with Crippen molar-refractivity contribution in [3.63, 3.8) is 0 Å². The lowest BCUT2D eigenvalue weighted by atomic mass is 10.0. The van der Waals surface area contributed by atoms with Gasteiger partial charge in [-0.1, -0.05) is 111 Å². The first-order valence-corrected chi connectivity index (χ1v) is 11.9. The van der Waals surface area contributed by atoms with Gasteiger partial charge in [0, 0.05) is 13.3 Å². The third-order valence-corrected chi connectivity index (χ3v) is 5.04. The van der Waals surface area contributed by atoms with E-state index in [0.29, 0.717) is 6.42 Å². The molecule has 4 nitrogen and oxygen atoms in total. The van der Waals surface area contributed by atoms with Gasteiger partial charge in [-0.3, -0.25) is 9.59 Å². The van der Waals surface area contributed by atoms with E-state index in [4.69, 9.17) is 9.47 Å². The summed E-state index contributed by atoms with van der Waals surface area (Å²) in [7, 11) is 0. The van der Waals surface area contributed by atoms with Crippen LogP contribution in [0.25, 0.3) is 0 Å². The molecule has 1 atom stereocenters. The maximum Gasteiger partial charge on any atom is 0.311 e. The fraction of sp³-hybridized carbons (Fsp3) is 0.917. The summed E-state index contributed by atoms with van der Waals surface area (Å²) in [6, 6.07) is 0. The lowest BCUT2D eigenvalue weighted by molar-refractivity contribution is -0.186. The quantitative estimate of drug-likeness (QED) is 0.130. The van der Waals surface area contributed by atoms with Crippen LogP contribution >= 0.6 is 0 Å². The summed E-state index contributed by atoms with van der Waals surface area (Å²) in [6.45, 7) is 7.37. The molecule has 28 heavy (non-hydrogen) atoms. The van der Waals surface area contributed by atoms with E-state index >= 15 is 0 Å². The predicted molar refractivity (Wildman–Crippen MR) is 116 cm³/mol. The Balaban J connectivity index is 3.32. The van der Waals surface area contributed by atoms with Crippen LogP contribution in [0.3, 0.4) is 0 Å². The zero-order valence-corrected chi connectivity index (χ0v) is 19.1. The monoisotopic (exact) mass is 398 g/mol. The SMILES string of the molecule is CCCCCCCCCCCCCCCCCC(=O)OC(C)OC(=O)C(C)C. The molecule has 0 fully saturated rings. The van der Waals surface area contributed by atoms with Gasteiger partial charge in [-0.25, -0.2) is 0 Å². The van der Waals surface area contributed by atoms with Crippen LogP contribution in [0.1, 0.15) is 130 Å². The molecule has 166 valence electrons. The number of hydrogen-bond donors (Lipinski definition) is 0. The van der Waals surface area contributed by atoms with Gasteiger partial charge in [0.2, 0.25) is 6.29 Å². The Kier molecular flexibility index (Phi) is 18.5. The normalized spacial score (nSPS) is 12.2. The molecule has 0 N–H and O–H groups in total. The summed E-state index contributed by atoms with van der Waals surface area (Å²) in [5.41, 5.74) is 0. The number of carbonyl (C=O) groups is 2. The lowest BCUT2D eigenvalue weighted by Gasteiger charge is -2.15. The summed E-state index contributed by atoms with van der Waals surface area (Å²) in [5.74, 6) is -0.831. The fourth-order valence-corrected chi connectivity index (χ4v) is 3.21. The van der Waals surface area contributed by atoms with Crippen molar-refractivity contribution in [2.45, 2.75) is 137 Å². The van der Waals surface area contributed by atoms with Gasteiger partial charge in [0.1, 0.15) is 0 Å². The van der Waals surface area contributed by atoms with Crippen molar-refractivity contribution in [2.24, 2.45) is 5.92 Å². The van der Waals surface area contributed by atoms with Crippen LogP contribution in [0, 0.1) is 5.92 Å². The number of ether oxygens (including phenoxy) is 2. The Labute approximate surface area is 174 Å². The molecular formula is C24H46O4. The van der Waals surface area contributed by atoms with Crippen molar-refractivity contribution in [3.8, 4) is 0 Å². The first kappa shape index (κ1) is 26.9. The van der Waals surface area contributed by atoms with Gasteiger partial charge in [-0.05, 0) is 6.42 Å². The van der Waals surface area contributed by atoms with Crippen LogP contribution in [0.15, 0.2) is 0 Å². The van der Waals surface area contributed by atoms with Crippen LogP contribution < -0.4 is 0 Å². The van der Waals surface area contributed by atoms with Crippen LogP contribution in [-0.4, -0.2) is 18.2 Å². The highest BCUT2D eigenvalue weighted by atomic mass is 16.7. The third-order valence-electron chi connectivity index (χ3n) is 5.04. The fourth-order valence-electron chi connectivity index (χ4n) is 3.21. The number of hydrogen-bond acceptors (Lipinski definition) is 4. The number of unbranched alkanes of at least 4 members (excludes halogenated alkanes) is 14. The van der Waals surface area contributed by atoms with Gasteiger partial charge >= 0.3 is 11.9 Å². The molecule has 4 heteroatoms. The number of esters is 2. The molecule has 0 aliphatic rings. The van der Waals surface area contributed by atoms with Gasteiger partial charge < -0.3 is 9.47 Å². The van der Waals surface area contributed by atoms with Crippen LogP contribution in [0.4, 0.5) is 0 Å². The largest absolute Gasteiger partial charge is 0.425 e. The molecule has 0 saturated carbocycles. The average Bonchev–Trinajstić information content (AvgIpc) is 2.64. The van der Waals surface area contributed by atoms with E-state index in [1.165, 1.54) is 83.5 Å². The van der Waals surface area contributed by atoms with E-state index in [1.807, 2.05) is 0 Å². The second-order valence-corrected chi connectivity index (χ2v) is 8.35. The van der Waals surface area contributed by atoms with Crippen LogP contribution in [-0.2, 0) is 19.1 Å². The molecule has 0 aliphatic carbocycles. The number of carbonyl (C=O) groups excluding carboxylic acids is 2. The van der Waals surface area contributed by atoms with E-state index in [1.54, 1.807) is 20.8 Å². The Morgan fingerprint density at radius 1 is 0.607 bits per heavy atom. The van der Waals surface area contributed by atoms with E-state index in [-0.39, 0.29) is 17.9 Å². The Morgan fingerprint density at radius 3 is 1.39 bits per heavy atom. The van der Waals surface area contributed by atoms with Crippen LogP contribution in [0.5, 0.6) is 0 Å². The Hall–Kier alpha value is -1.06. The molecule has 0 aromatic rings. The summed E-state index contributed by atoms with van der Waals surface area (Å²) in [5, 5.41) is 0. The molecule has 0 amide bonds. The first-order valence-electron chi connectivity index (χ1n) is 11.9. The molecule has 0 rings (SSSR count). The van der Waals surface area contributed by atoms with Gasteiger partial charge in [-0.2, -0.15) is 0 Å². The topological polar surface area (TPSA) is 52.6 Å². The zero-order chi connectivity index (χ0) is 21.0. The van der Waals surface area contributed by atoms with Crippen LogP contribution in [0.2, 0.25) is 0 Å². The van der Waals surface area contributed by atoms with Gasteiger partial charge in [0.05, 0.1) is 5.92 Å². The summed E-state index contributed by atoms with van der Waals surface area (Å²) in [4.78, 5) is 23.2. The molecule has 0 aliphatic heterocycles. The van der Waals surface area contributed by atoms with E-state index in [2.05, 4.69) is 6.92 Å². The zero-order valence-electron chi connectivity index (χ0n) is 19.1. The van der Waals surface area contributed by atoms with Gasteiger partial charge in [-0.15, -0.1) is 0 Å². The van der Waals surface area contributed by atoms with Crippen molar-refractivity contribution in [1.29, 1.82) is 0 Å². The van der Waals surface area contributed by atoms with Crippen molar-refractivity contribution < 1.29 is 19.1 Å². The molecule has 0 aromatic carbocycles. The third kappa shape index (κ3) is 18.3. The molecule has 0 aromatic heterocycles. The second kappa shape index (κ2) is 19.3. The predicted octanol–water partition coefficient (Wildman–Crippen LogP) is 7.34. The van der Waals surface area contributed by atoms with Gasteiger partial charge in [0.25, 0.3) is 0 Å². The minimum absolute atomic E-state index is 0.211. The molecule has 0 heterocycles. The maximum atomic E-state index is 11.7. The molecule has 0 saturated heterocycles. The molecular weight excluding hydrogens is 352 g/mol. The molecule has 1 unspecified atom stereocenters. The summed E-state index contributed by atoms with van der Waals surface area (Å²) in [6.07, 6.45) is 19.2. The minimum atomic E-state index is -0.793. The Bertz CT molecular complexity index is 379. The minimum Gasteiger partial charge on any atom is -0.425 e. The maximum absolute atomic E-state index is 11.7. The van der Waals surface area contributed by atoms with Gasteiger partial charge in [0.15, 0.2) is 0 Å². The van der Waals surface area contributed by atoms with Crippen molar-refractivity contribution in [1.82, 2.24) is 0 Å². The standard InChI is InChI=1S/C24H46O4/c1-5-6-7-8-9-10-11-12-13-14-15-16-17-18-19-20-23(25)27-22(4)28-24(26)21(2)3/h21-22H,5-20H2,1-4H3. The van der Waals surface area contributed by atoms with Crippen molar-refractivity contribution in [2.75, 3.05) is 0 Å². The first-order chi connectivity index (χ1) is 13.5. The lowest BCUT2D eigenvalue weighted by Crippen LogP contribution is -2.24. The van der Waals surface area contributed by atoms with E-state index in [0.717, 1.165) is 12.8 Å². The Morgan fingerprint density at radius 2 is 1.00 bits per heavy atom. The summed E-state index contributed by atoms with van der Waals surface area (Å²) >= 11 is 0. The smallest absolute Gasteiger partial charge is 0.311 e. The van der Waals surface area contributed by atoms with E-state index in [9.17, 15) is 9.59 Å². The molecule has 0 radical (unpaired) electrons.